The fourth-order valence-corrected chi connectivity index (χ4v) is 2.35. The summed E-state index contributed by atoms with van der Waals surface area (Å²) in [6.45, 7) is 0.531. The molecular weight excluding hydrogens is 238 g/mol. The molecule has 0 aliphatic rings. The minimum absolute atomic E-state index is 0.0707. The molecule has 0 saturated heterocycles. The van der Waals surface area contributed by atoms with Crippen molar-refractivity contribution in [3.63, 3.8) is 0 Å². The monoisotopic (exact) mass is 251 g/mol. The molecule has 1 unspecified atom stereocenters. The average molecular weight is 251 g/mol. The van der Waals surface area contributed by atoms with Crippen molar-refractivity contribution in [1.29, 1.82) is 0 Å². The van der Waals surface area contributed by atoms with E-state index in [4.69, 9.17) is 5.11 Å². The second kappa shape index (κ2) is 5.60. The first-order valence-corrected chi connectivity index (χ1v) is 6.10. The van der Waals surface area contributed by atoms with Crippen LogP contribution in [0.3, 0.4) is 0 Å². The molecule has 5 nitrogen and oxygen atoms in total. The van der Waals surface area contributed by atoms with Gasteiger partial charge in [0.05, 0.1) is 19.0 Å². The molecule has 90 valence electrons. The highest BCUT2D eigenvalue weighted by Crippen LogP contribution is 2.22. The van der Waals surface area contributed by atoms with Gasteiger partial charge in [0, 0.05) is 17.3 Å². The van der Waals surface area contributed by atoms with Crippen molar-refractivity contribution in [2.75, 3.05) is 0 Å². The Kier molecular flexibility index (Phi) is 3.89. The van der Waals surface area contributed by atoms with Gasteiger partial charge in [0.2, 0.25) is 0 Å². The number of hydrogen-bond donors (Lipinski definition) is 3. The molecule has 0 aliphatic carbocycles. The summed E-state index contributed by atoms with van der Waals surface area (Å²) in [5.74, 6) is -0.00714. The van der Waals surface area contributed by atoms with Crippen LogP contribution in [-0.4, -0.2) is 21.0 Å². The van der Waals surface area contributed by atoms with Crippen LogP contribution in [0.5, 0.6) is 0 Å². The lowest BCUT2D eigenvalue weighted by Crippen LogP contribution is -2.23. The molecular formula is C11H13N3O2S. The van der Waals surface area contributed by atoms with E-state index in [9.17, 15) is 4.79 Å². The number of rotatable bonds is 6. The van der Waals surface area contributed by atoms with Crippen LogP contribution in [0.1, 0.15) is 23.2 Å². The van der Waals surface area contributed by atoms with Crippen LogP contribution in [0.2, 0.25) is 0 Å². The molecule has 17 heavy (non-hydrogen) atoms. The fraction of sp³-hybridized carbons (Fsp3) is 0.273. The summed E-state index contributed by atoms with van der Waals surface area (Å²) in [6, 6.07) is 3.69. The highest BCUT2D eigenvalue weighted by atomic mass is 32.1. The number of nitrogens with zero attached hydrogens (tertiary/aromatic N) is 1. The summed E-state index contributed by atoms with van der Waals surface area (Å²) < 4.78 is 0. The van der Waals surface area contributed by atoms with Gasteiger partial charge in [-0.15, -0.1) is 11.3 Å². The lowest BCUT2D eigenvalue weighted by molar-refractivity contribution is -0.137. The summed E-state index contributed by atoms with van der Waals surface area (Å²) in [6.07, 6.45) is 3.49. The molecule has 0 bridgehead atoms. The van der Waals surface area contributed by atoms with E-state index in [-0.39, 0.29) is 12.5 Å². The maximum Gasteiger partial charge on any atom is 0.305 e. The number of imidazole rings is 1. The van der Waals surface area contributed by atoms with Crippen molar-refractivity contribution < 1.29 is 9.90 Å². The van der Waals surface area contributed by atoms with Crippen LogP contribution in [0.25, 0.3) is 0 Å². The Bertz CT molecular complexity index is 453. The molecule has 2 rings (SSSR count). The Morgan fingerprint density at radius 2 is 2.53 bits per heavy atom. The number of aromatic nitrogens is 2. The van der Waals surface area contributed by atoms with E-state index in [2.05, 4.69) is 15.3 Å². The average Bonchev–Trinajstić information content (AvgIpc) is 2.96. The summed E-state index contributed by atoms with van der Waals surface area (Å²) in [5.41, 5.74) is 0. The van der Waals surface area contributed by atoms with E-state index in [0.717, 1.165) is 10.7 Å². The van der Waals surface area contributed by atoms with E-state index in [1.165, 1.54) is 0 Å². The Morgan fingerprint density at radius 3 is 3.12 bits per heavy atom. The van der Waals surface area contributed by atoms with Crippen molar-refractivity contribution in [2.45, 2.75) is 19.0 Å². The molecule has 2 aromatic heterocycles. The Balaban J connectivity index is 1.98. The second-order valence-electron chi connectivity index (χ2n) is 3.58. The second-order valence-corrected chi connectivity index (χ2v) is 4.56. The quantitative estimate of drug-likeness (QED) is 0.731. The van der Waals surface area contributed by atoms with Crippen molar-refractivity contribution in [3.8, 4) is 0 Å². The zero-order chi connectivity index (χ0) is 12.1. The molecule has 0 fully saturated rings. The van der Waals surface area contributed by atoms with Crippen LogP contribution >= 0.6 is 11.3 Å². The van der Waals surface area contributed by atoms with E-state index in [0.29, 0.717) is 6.54 Å². The van der Waals surface area contributed by atoms with E-state index >= 15 is 0 Å². The van der Waals surface area contributed by atoms with E-state index in [1.807, 2.05) is 17.5 Å². The topological polar surface area (TPSA) is 78.0 Å². The smallest absolute Gasteiger partial charge is 0.305 e. The van der Waals surface area contributed by atoms with Crippen LogP contribution < -0.4 is 5.32 Å². The number of carbonyl (C=O) groups is 1. The fourth-order valence-electron chi connectivity index (χ4n) is 1.55. The highest BCUT2D eigenvalue weighted by Gasteiger charge is 2.16. The number of carboxylic acid groups (broad SMARTS) is 1. The van der Waals surface area contributed by atoms with Crippen molar-refractivity contribution in [3.05, 3.63) is 40.6 Å². The van der Waals surface area contributed by atoms with Crippen LogP contribution in [-0.2, 0) is 11.3 Å². The number of H-pyrrole nitrogens is 1. The number of thiophene rings is 1. The largest absolute Gasteiger partial charge is 0.481 e. The number of nitrogens with one attached hydrogen (secondary N) is 2. The predicted molar refractivity (Wildman–Crippen MR) is 64.7 cm³/mol. The van der Waals surface area contributed by atoms with Crippen molar-refractivity contribution in [1.82, 2.24) is 15.3 Å². The number of aromatic amines is 1. The number of aliphatic carboxylic acids is 1. The molecule has 0 radical (unpaired) electrons. The molecule has 1 atom stereocenters. The van der Waals surface area contributed by atoms with Gasteiger partial charge in [-0.3, -0.25) is 4.79 Å². The molecule has 0 aliphatic heterocycles. The normalized spacial score (nSPS) is 12.5. The summed E-state index contributed by atoms with van der Waals surface area (Å²) >= 11 is 1.55. The number of hydrogen-bond acceptors (Lipinski definition) is 4. The van der Waals surface area contributed by atoms with Crippen LogP contribution in [0.15, 0.2) is 29.9 Å². The minimum Gasteiger partial charge on any atom is -0.481 e. The van der Waals surface area contributed by atoms with Gasteiger partial charge in [-0.2, -0.15) is 0 Å². The molecule has 0 spiro atoms. The number of carboxylic acids is 1. The lowest BCUT2D eigenvalue weighted by atomic mass is 10.1. The Morgan fingerprint density at radius 1 is 1.65 bits per heavy atom. The first-order valence-electron chi connectivity index (χ1n) is 5.22. The molecule has 2 aromatic rings. The van der Waals surface area contributed by atoms with Gasteiger partial charge >= 0.3 is 5.97 Å². The van der Waals surface area contributed by atoms with Crippen molar-refractivity contribution in [2.24, 2.45) is 0 Å². The SMILES string of the molecule is O=C(O)CC(NCc1ncc[nH]1)c1cccs1. The van der Waals surface area contributed by atoms with Gasteiger partial charge in [-0.1, -0.05) is 6.07 Å². The zero-order valence-corrected chi connectivity index (χ0v) is 9.91. The van der Waals surface area contributed by atoms with E-state index < -0.39 is 5.97 Å². The van der Waals surface area contributed by atoms with Crippen LogP contribution in [0.4, 0.5) is 0 Å². The summed E-state index contributed by atoms with van der Waals surface area (Å²) in [5, 5.41) is 14.0. The summed E-state index contributed by atoms with van der Waals surface area (Å²) in [7, 11) is 0. The molecule has 0 amide bonds. The standard InChI is InChI=1S/C11H13N3O2S/c15-11(16)6-8(9-2-1-5-17-9)14-7-10-12-3-4-13-10/h1-5,8,14H,6-7H2,(H,12,13)(H,15,16). The third-order valence-corrected chi connectivity index (χ3v) is 3.32. The molecule has 0 aromatic carbocycles. The predicted octanol–water partition coefficient (Wildman–Crippen LogP) is 1.78. The van der Waals surface area contributed by atoms with Gasteiger partial charge in [0.25, 0.3) is 0 Å². The third-order valence-electron chi connectivity index (χ3n) is 2.34. The Labute approximate surface area is 103 Å². The maximum atomic E-state index is 10.8. The van der Waals surface area contributed by atoms with Gasteiger partial charge in [-0.05, 0) is 11.4 Å². The first-order chi connectivity index (χ1) is 8.25. The van der Waals surface area contributed by atoms with E-state index in [1.54, 1.807) is 23.7 Å². The van der Waals surface area contributed by atoms with Crippen molar-refractivity contribution >= 4 is 17.3 Å². The minimum atomic E-state index is -0.810. The van der Waals surface area contributed by atoms with Gasteiger partial charge in [0.15, 0.2) is 0 Å². The molecule has 3 N–H and O–H groups in total. The summed E-state index contributed by atoms with van der Waals surface area (Å²) in [4.78, 5) is 18.9. The molecule has 2 heterocycles. The van der Waals surface area contributed by atoms with Gasteiger partial charge < -0.3 is 15.4 Å². The van der Waals surface area contributed by atoms with Gasteiger partial charge in [0.1, 0.15) is 5.82 Å². The van der Waals surface area contributed by atoms with Crippen LogP contribution in [0, 0.1) is 0 Å². The highest BCUT2D eigenvalue weighted by molar-refractivity contribution is 7.10. The van der Waals surface area contributed by atoms with Gasteiger partial charge in [-0.25, -0.2) is 4.98 Å². The first kappa shape index (κ1) is 11.8. The third kappa shape index (κ3) is 3.40. The maximum absolute atomic E-state index is 10.8. The lowest BCUT2D eigenvalue weighted by Gasteiger charge is -2.14. The zero-order valence-electron chi connectivity index (χ0n) is 9.09. The Hall–Kier alpha value is -1.66. The molecule has 6 heteroatoms. The molecule has 0 saturated carbocycles.